The lowest BCUT2D eigenvalue weighted by Gasteiger charge is -2.13. The van der Waals surface area contributed by atoms with E-state index in [1.165, 1.54) is 11.3 Å². The lowest BCUT2D eigenvalue weighted by atomic mass is 10.0. The van der Waals surface area contributed by atoms with Crippen LogP contribution in [0.4, 0.5) is 10.8 Å². The van der Waals surface area contributed by atoms with Gasteiger partial charge < -0.3 is 5.32 Å². The summed E-state index contributed by atoms with van der Waals surface area (Å²) in [6, 6.07) is 14.4. The summed E-state index contributed by atoms with van der Waals surface area (Å²) in [5.74, 6) is 0.210. The molecule has 3 aromatic rings. The highest BCUT2D eigenvalue weighted by Crippen LogP contribution is 2.24. The van der Waals surface area contributed by atoms with Gasteiger partial charge in [0.15, 0.2) is 5.13 Å². The molecule has 0 unspecified atom stereocenters. The van der Waals surface area contributed by atoms with Gasteiger partial charge in [-0.25, -0.2) is 13.4 Å². The summed E-state index contributed by atoms with van der Waals surface area (Å²) in [6.07, 6.45) is 0.693. The van der Waals surface area contributed by atoms with E-state index in [4.69, 9.17) is 0 Å². The predicted octanol–water partition coefficient (Wildman–Crippen LogP) is 4.95. The number of benzene rings is 2. The number of carbonyl (C=O) groups is 1. The number of nitrogens with zero attached hydrogens (tertiary/aromatic N) is 1. The van der Waals surface area contributed by atoms with E-state index in [0.717, 1.165) is 16.8 Å². The number of rotatable bonds is 8. The molecule has 0 aliphatic carbocycles. The minimum Gasteiger partial charge on any atom is -0.326 e. The third-order valence-electron chi connectivity index (χ3n) is 4.57. The Labute approximate surface area is 181 Å². The Morgan fingerprint density at radius 3 is 2.50 bits per heavy atom. The van der Waals surface area contributed by atoms with Crippen LogP contribution < -0.4 is 10.0 Å². The quantitative estimate of drug-likeness (QED) is 0.516. The number of amides is 1. The number of nitrogens with one attached hydrogen (secondary N) is 2. The van der Waals surface area contributed by atoms with E-state index >= 15 is 0 Å². The number of thiazole rings is 1. The average Bonchev–Trinajstić information content (AvgIpc) is 3.13. The Morgan fingerprint density at radius 2 is 1.80 bits per heavy atom. The van der Waals surface area contributed by atoms with Gasteiger partial charge in [-0.1, -0.05) is 49.7 Å². The van der Waals surface area contributed by atoms with Crippen LogP contribution in [0.5, 0.6) is 0 Å². The van der Waals surface area contributed by atoms with E-state index in [2.05, 4.69) is 28.9 Å². The first-order valence-electron chi connectivity index (χ1n) is 9.67. The van der Waals surface area contributed by atoms with Crippen molar-refractivity contribution in [1.29, 1.82) is 0 Å². The zero-order chi connectivity index (χ0) is 21.7. The molecule has 30 heavy (non-hydrogen) atoms. The van der Waals surface area contributed by atoms with Crippen LogP contribution in [0.1, 0.15) is 43.0 Å². The third kappa shape index (κ3) is 5.67. The highest BCUT2D eigenvalue weighted by molar-refractivity contribution is 7.93. The summed E-state index contributed by atoms with van der Waals surface area (Å²) < 4.78 is 27.4. The molecule has 0 fully saturated rings. The van der Waals surface area contributed by atoms with Gasteiger partial charge in [0.05, 0.1) is 10.6 Å². The largest absolute Gasteiger partial charge is 0.326 e. The second-order valence-electron chi connectivity index (χ2n) is 7.35. The second kappa shape index (κ2) is 9.40. The van der Waals surface area contributed by atoms with Crippen molar-refractivity contribution in [2.24, 2.45) is 0 Å². The lowest BCUT2D eigenvalue weighted by molar-refractivity contribution is -0.116. The number of aromatic nitrogens is 1. The lowest BCUT2D eigenvalue weighted by Crippen LogP contribution is -2.14. The molecule has 0 aliphatic heterocycles. The molecule has 0 spiro atoms. The Balaban J connectivity index is 1.58. The van der Waals surface area contributed by atoms with Crippen molar-refractivity contribution in [3.63, 3.8) is 0 Å². The van der Waals surface area contributed by atoms with Gasteiger partial charge in [-0.15, -0.1) is 11.3 Å². The highest BCUT2D eigenvalue weighted by atomic mass is 32.2. The van der Waals surface area contributed by atoms with Crippen molar-refractivity contribution in [2.45, 2.75) is 44.4 Å². The van der Waals surface area contributed by atoms with E-state index in [0.29, 0.717) is 18.0 Å². The van der Waals surface area contributed by atoms with Crippen molar-refractivity contribution in [2.75, 3.05) is 10.0 Å². The number of hydrogen-bond acceptors (Lipinski definition) is 5. The maximum Gasteiger partial charge on any atom is 0.263 e. The van der Waals surface area contributed by atoms with Crippen LogP contribution >= 0.6 is 11.3 Å². The van der Waals surface area contributed by atoms with Gasteiger partial charge in [0.25, 0.3) is 10.0 Å². The van der Waals surface area contributed by atoms with E-state index in [9.17, 15) is 13.2 Å². The van der Waals surface area contributed by atoms with E-state index in [1.807, 2.05) is 31.2 Å². The normalized spacial score (nSPS) is 11.5. The van der Waals surface area contributed by atoms with Crippen molar-refractivity contribution >= 4 is 38.1 Å². The fourth-order valence-electron chi connectivity index (χ4n) is 2.93. The van der Waals surface area contributed by atoms with Crippen LogP contribution in [-0.2, 0) is 21.2 Å². The fourth-order valence-corrected chi connectivity index (χ4v) is 4.93. The standard InChI is InChI=1S/C22H25N3O3S2/c1-15(2)19-6-4-5-7-20(19)24-21(26)13-10-17-14-29-22(23-17)25-30(27,28)18-11-8-16(3)9-12-18/h4-9,11-12,14-15H,10,13H2,1-3H3,(H,23,25)(H,24,26). The Kier molecular flexibility index (Phi) is 6.89. The van der Waals surface area contributed by atoms with Crippen LogP contribution in [0.25, 0.3) is 0 Å². The number of sulfonamides is 1. The molecule has 1 heterocycles. The van der Waals surface area contributed by atoms with E-state index in [1.54, 1.807) is 29.6 Å². The number of aryl methyl sites for hydroxylation is 2. The molecule has 2 aromatic carbocycles. The SMILES string of the molecule is Cc1ccc(S(=O)(=O)Nc2nc(CCC(=O)Nc3ccccc3C(C)C)cs2)cc1. The maximum absolute atomic E-state index is 12.5. The molecule has 2 N–H and O–H groups in total. The maximum atomic E-state index is 12.5. The zero-order valence-electron chi connectivity index (χ0n) is 17.2. The molecule has 0 aliphatic rings. The molecule has 1 aromatic heterocycles. The molecule has 1 amide bonds. The summed E-state index contributed by atoms with van der Waals surface area (Å²) in [5.41, 5.74) is 3.57. The first-order chi connectivity index (χ1) is 14.2. The molecule has 0 radical (unpaired) electrons. The molecule has 158 valence electrons. The first kappa shape index (κ1) is 22.0. The monoisotopic (exact) mass is 443 g/mol. The van der Waals surface area contributed by atoms with Crippen molar-refractivity contribution in [1.82, 2.24) is 4.98 Å². The van der Waals surface area contributed by atoms with Gasteiger partial charge >= 0.3 is 0 Å². The van der Waals surface area contributed by atoms with Gasteiger partial charge in [0.1, 0.15) is 0 Å². The van der Waals surface area contributed by atoms with Crippen LogP contribution in [0.3, 0.4) is 0 Å². The predicted molar refractivity (Wildman–Crippen MR) is 122 cm³/mol. The Morgan fingerprint density at radius 1 is 1.10 bits per heavy atom. The summed E-state index contributed by atoms with van der Waals surface area (Å²) in [7, 11) is -3.68. The molecule has 8 heteroatoms. The van der Waals surface area contributed by atoms with Gasteiger partial charge in [0.2, 0.25) is 5.91 Å². The smallest absolute Gasteiger partial charge is 0.263 e. The van der Waals surface area contributed by atoms with Crippen molar-refractivity contribution in [3.8, 4) is 0 Å². The molecular weight excluding hydrogens is 418 g/mol. The molecule has 0 saturated heterocycles. The molecule has 0 saturated carbocycles. The fraction of sp³-hybridized carbons (Fsp3) is 0.273. The van der Waals surface area contributed by atoms with Crippen molar-refractivity contribution < 1.29 is 13.2 Å². The van der Waals surface area contributed by atoms with Gasteiger partial charge in [-0.3, -0.25) is 9.52 Å². The minimum absolute atomic E-state index is 0.0992. The molecule has 3 rings (SSSR count). The number of carbonyl (C=O) groups excluding carboxylic acids is 1. The van der Waals surface area contributed by atoms with Crippen LogP contribution in [0.2, 0.25) is 0 Å². The molecule has 6 nitrogen and oxygen atoms in total. The summed E-state index contributed by atoms with van der Waals surface area (Å²) in [6.45, 7) is 6.06. The number of anilines is 2. The molecular formula is C22H25N3O3S2. The van der Waals surface area contributed by atoms with Crippen LogP contribution in [0, 0.1) is 6.92 Å². The topological polar surface area (TPSA) is 88.2 Å². The van der Waals surface area contributed by atoms with Crippen LogP contribution in [-0.4, -0.2) is 19.3 Å². The van der Waals surface area contributed by atoms with Gasteiger partial charge in [-0.2, -0.15) is 0 Å². The van der Waals surface area contributed by atoms with Gasteiger partial charge in [-0.05, 0) is 43.0 Å². The third-order valence-corrected chi connectivity index (χ3v) is 6.86. The summed E-state index contributed by atoms with van der Waals surface area (Å²) in [4.78, 5) is 16.9. The Bertz CT molecular complexity index is 1120. The summed E-state index contributed by atoms with van der Waals surface area (Å²) in [5, 5.41) is 5.01. The first-order valence-corrected chi connectivity index (χ1v) is 12.0. The molecule has 0 atom stereocenters. The van der Waals surface area contributed by atoms with Crippen molar-refractivity contribution in [3.05, 3.63) is 70.7 Å². The minimum atomic E-state index is -3.68. The highest BCUT2D eigenvalue weighted by Gasteiger charge is 2.16. The number of para-hydroxylation sites is 1. The zero-order valence-corrected chi connectivity index (χ0v) is 18.8. The Hall–Kier alpha value is -2.71. The summed E-state index contributed by atoms with van der Waals surface area (Å²) >= 11 is 1.20. The average molecular weight is 444 g/mol. The number of hydrogen-bond donors (Lipinski definition) is 2. The van der Waals surface area contributed by atoms with Gasteiger partial charge in [0, 0.05) is 17.5 Å². The van der Waals surface area contributed by atoms with E-state index < -0.39 is 10.0 Å². The second-order valence-corrected chi connectivity index (χ2v) is 9.89. The molecule has 0 bridgehead atoms. The van der Waals surface area contributed by atoms with Crippen LogP contribution in [0.15, 0.2) is 58.8 Å². The van der Waals surface area contributed by atoms with E-state index in [-0.39, 0.29) is 22.4 Å².